The van der Waals surface area contributed by atoms with Crippen LogP contribution in [0.2, 0.25) is 0 Å². The number of ether oxygens (including phenoxy) is 1. The van der Waals surface area contributed by atoms with Crippen molar-refractivity contribution in [1.82, 2.24) is 4.90 Å². The van der Waals surface area contributed by atoms with Gasteiger partial charge in [0, 0.05) is 24.2 Å². The first-order chi connectivity index (χ1) is 8.56. The topological polar surface area (TPSA) is 38.5 Å². The van der Waals surface area contributed by atoms with Crippen LogP contribution in [0.15, 0.2) is 18.2 Å². The van der Waals surface area contributed by atoms with Gasteiger partial charge >= 0.3 is 0 Å². The first kappa shape index (κ1) is 13.4. The molecule has 0 atom stereocenters. The fourth-order valence-electron chi connectivity index (χ4n) is 2.38. The molecular weight excluding hydrogens is 224 g/mol. The summed E-state index contributed by atoms with van der Waals surface area (Å²) in [5.74, 6) is 0.973. The van der Waals surface area contributed by atoms with E-state index in [4.69, 9.17) is 10.5 Å². The van der Waals surface area contributed by atoms with Gasteiger partial charge in [0.1, 0.15) is 5.75 Å². The van der Waals surface area contributed by atoms with E-state index < -0.39 is 0 Å². The minimum Gasteiger partial charge on any atom is -0.496 e. The summed E-state index contributed by atoms with van der Waals surface area (Å²) in [5.41, 5.74) is 8.84. The molecule has 2 N–H and O–H groups in total. The van der Waals surface area contributed by atoms with E-state index in [1.54, 1.807) is 7.11 Å². The Hall–Kier alpha value is -1.06. The van der Waals surface area contributed by atoms with Gasteiger partial charge in [-0.1, -0.05) is 19.1 Å². The number of likely N-dealkylation sites (N-methyl/N-ethyl adjacent to an activating group) is 1. The van der Waals surface area contributed by atoms with Gasteiger partial charge in [0.05, 0.1) is 7.11 Å². The molecule has 18 heavy (non-hydrogen) atoms. The van der Waals surface area contributed by atoms with Crippen LogP contribution in [0.3, 0.4) is 0 Å². The first-order valence-electron chi connectivity index (χ1n) is 6.69. The Morgan fingerprint density at radius 3 is 2.67 bits per heavy atom. The summed E-state index contributed by atoms with van der Waals surface area (Å²) in [6.45, 7) is 4.04. The molecule has 0 radical (unpaired) electrons. The average Bonchev–Trinajstić information content (AvgIpc) is 3.06. The SMILES string of the molecule is CCc1ccc(OC)c(CN(C)CC2(N)CC2)c1. The maximum Gasteiger partial charge on any atom is 0.123 e. The van der Waals surface area contributed by atoms with E-state index >= 15 is 0 Å². The van der Waals surface area contributed by atoms with E-state index in [0.29, 0.717) is 0 Å². The van der Waals surface area contributed by atoms with Crippen molar-refractivity contribution in [2.45, 2.75) is 38.3 Å². The van der Waals surface area contributed by atoms with Gasteiger partial charge in [-0.2, -0.15) is 0 Å². The minimum absolute atomic E-state index is 0.0738. The van der Waals surface area contributed by atoms with Crippen LogP contribution in [-0.2, 0) is 13.0 Å². The molecule has 1 aromatic carbocycles. The molecule has 0 aromatic heterocycles. The third-order valence-electron chi connectivity index (χ3n) is 3.67. The van der Waals surface area contributed by atoms with Crippen LogP contribution in [0.4, 0.5) is 0 Å². The molecule has 0 aliphatic heterocycles. The Balaban J connectivity index is 2.06. The molecule has 1 fully saturated rings. The Kier molecular flexibility index (Phi) is 3.93. The van der Waals surface area contributed by atoms with Crippen molar-refractivity contribution < 1.29 is 4.74 Å². The van der Waals surface area contributed by atoms with E-state index in [1.807, 2.05) is 0 Å². The van der Waals surface area contributed by atoms with E-state index in [9.17, 15) is 0 Å². The zero-order chi connectivity index (χ0) is 13.2. The van der Waals surface area contributed by atoms with Crippen LogP contribution in [0.5, 0.6) is 5.75 Å². The fourth-order valence-corrected chi connectivity index (χ4v) is 2.38. The number of nitrogens with zero attached hydrogens (tertiary/aromatic N) is 1. The third kappa shape index (κ3) is 3.24. The molecule has 0 saturated heterocycles. The number of hydrogen-bond acceptors (Lipinski definition) is 3. The van der Waals surface area contributed by atoms with Gasteiger partial charge < -0.3 is 15.4 Å². The lowest BCUT2D eigenvalue weighted by Crippen LogP contribution is -2.36. The fraction of sp³-hybridized carbons (Fsp3) is 0.600. The summed E-state index contributed by atoms with van der Waals surface area (Å²) in [4.78, 5) is 2.30. The maximum atomic E-state index is 6.15. The lowest BCUT2D eigenvalue weighted by molar-refractivity contribution is 0.289. The van der Waals surface area contributed by atoms with Crippen molar-refractivity contribution in [3.63, 3.8) is 0 Å². The zero-order valence-corrected chi connectivity index (χ0v) is 11.7. The molecule has 1 saturated carbocycles. The molecule has 0 bridgehead atoms. The highest BCUT2D eigenvalue weighted by Gasteiger charge is 2.38. The smallest absolute Gasteiger partial charge is 0.123 e. The van der Waals surface area contributed by atoms with Gasteiger partial charge in [0.2, 0.25) is 0 Å². The van der Waals surface area contributed by atoms with E-state index in [2.05, 4.69) is 37.1 Å². The maximum absolute atomic E-state index is 6.15. The van der Waals surface area contributed by atoms with Crippen LogP contribution in [0.25, 0.3) is 0 Å². The number of hydrogen-bond donors (Lipinski definition) is 1. The van der Waals surface area contributed by atoms with Crippen molar-refractivity contribution in [2.75, 3.05) is 20.7 Å². The zero-order valence-electron chi connectivity index (χ0n) is 11.7. The van der Waals surface area contributed by atoms with Gasteiger partial charge in [-0.05, 0) is 37.9 Å². The Labute approximate surface area is 110 Å². The second-order valence-electron chi connectivity index (χ2n) is 5.53. The van der Waals surface area contributed by atoms with Crippen molar-refractivity contribution in [3.05, 3.63) is 29.3 Å². The number of nitrogens with two attached hydrogens (primary N) is 1. The van der Waals surface area contributed by atoms with Gasteiger partial charge in [0.15, 0.2) is 0 Å². The highest BCUT2D eigenvalue weighted by atomic mass is 16.5. The first-order valence-corrected chi connectivity index (χ1v) is 6.69. The van der Waals surface area contributed by atoms with E-state index in [0.717, 1.165) is 38.1 Å². The normalized spacial score (nSPS) is 16.9. The minimum atomic E-state index is 0.0738. The Bertz CT molecular complexity index is 413. The predicted molar refractivity (Wildman–Crippen MR) is 74.9 cm³/mol. The number of aryl methyl sites for hydroxylation is 1. The van der Waals surface area contributed by atoms with Crippen molar-refractivity contribution in [2.24, 2.45) is 5.73 Å². The summed E-state index contributed by atoms with van der Waals surface area (Å²) in [6.07, 6.45) is 3.37. The van der Waals surface area contributed by atoms with Crippen LogP contribution < -0.4 is 10.5 Å². The highest BCUT2D eigenvalue weighted by molar-refractivity contribution is 5.37. The van der Waals surface area contributed by atoms with Crippen molar-refractivity contribution in [3.8, 4) is 5.75 Å². The molecule has 1 aliphatic carbocycles. The molecule has 1 aliphatic rings. The Morgan fingerprint density at radius 2 is 2.11 bits per heavy atom. The molecule has 3 nitrogen and oxygen atoms in total. The molecule has 3 heteroatoms. The van der Waals surface area contributed by atoms with Crippen molar-refractivity contribution in [1.29, 1.82) is 0 Å². The van der Waals surface area contributed by atoms with Gasteiger partial charge in [-0.3, -0.25) is 0 Å². The molecule has 0 unspecified atom stereocenters. The van der Waals surface area contributed by atoms with E-state index in [1.165, 1.54) is 11.1 Å². The second-order valence-corrected chi connectivity index (χ2v) is 5.53. The summed E-state index contributed by atoms with van der Waals surface area (Å²) in [6, 6.07) is 6.44. The van der Waals surface area contributed by atoms with Crippen LogP contribution in [0, 0.1) is 0 Å². The molecule has 100 valence electrons. The highest BCUT2D eigenvalue weighted by Crippen LogP contribution is 2.33. The summed E-state index contributed by atoms with van der Waals surface area (Å²) in [5, 5.41) is 0. The molecule has 0 spiro atoms. The second kappa shape index (κ2) is 5.29. The summed E-state index contributed by atoms with van der Waals surface area (Å²) in [7, 11) is 3.86. The standard InChI is InChI=1S/C15H24N2O/c1-4-12-5-6-14(18-3)13(9-12)10-17(2)11-15(16)7-8-15/h5-6,9H,4,7-8,10-11,16H2,1-3H3. The van der Waals surface area contributed by atoms with Gasteiger partial charge in [-0.25, -0.2) is 0 Å². The van der Waals surface area contributed by atoms with Crippen LogP contribution in [-0.4, -0.2) is 31.1 Å². The number of methoxy groups -OCH3 is 1. The lowest BCUT2D eigenvalue weighted by Gasteiger charge is -2.22. The Morgan fingerprint density at radius 1 is 1.39 bits per heavy atom. The summed E-state index contributed by atoms with van der Waals surface area (Å²) >= 11 is 0. The largest absolute Gasteiger partial charge is 0.496 e. The third-order valence-corrected chi connectivity index (χ3v) is 3.67. The molecular formula is C15H24N2O. The molecule has 0 amide bonds. The molecule has 1 aromatic rings. The average molecular weight is 248 g/mol. The van der Waals surface area contributed by atoms with Crippen LogP contribution in [0.1, 0.15) is 30.9 Å². The predicted octanol–water partition coefficient (Wildman–Crippen LogP) is 2.18. The van der Waals surface area contributed by atoms with Crippen LogP contribution >= 0.6 is 0 Å². The van der Waals surface area contributed by atoms with Crippen molar-refractivity contribution >= 4 is 0 Å². The number of benzene rings is 1. The number of rotatable bonds is 6. The quantitative estimate of drug-likeness (QED) is 0.838. The summed E-state index contributed by atoms with van der Waals surface area (Å²) < 4.78 is 5.43. The monoisotopic (exact) mass is 248 g/mol. The van der Waals surface area contributed by atoms with Gasteiger partial charge in [0.25, 0.3) is 0 Å². The van der Waals surface area contributed by atoms with E-state index in [-0.39, 0.29) is 5.54 Å². The molecule has 0 heterocycles. The molecule has 2 rings (SSSR count). The lowest BCUT2D eigenvalue weighted by atomic mass is 10.1. The van der Waals surface area contributed by atoms with Gasteiger partial charge in [-0.15, -0.1) is 0 Å².